The fourth-order valence-electron chi connectivity index (χ4n) is 2.05. The number of nitrogens with one attached hydrogen (secondary N) is 1. The number of non-ortho nitro benzene ring substituents is 1. The number of benzene rings is 2. The van der Waals surface area contributed by atoms with E-state index in [1.165, 1.54) is 23.9 Å². The van der Waals surface area contributed by atoms with Gasteiger partial charge in [-0.15, -0.1) is 0 Å². The van der Waals surface area contributed by atoms with Crippen LogP contribution in [0.25, 0.3) is 0 Å². The molecule has 0 aliphatic rings. The summed E-state index contributed by atoms with van der Waals surface area (Å²) in [5.74, 6) is -1.61. The molecular weight excluding hydrogens is 408 g/mol. The monoisotopic (exact) mass is 422 g/mol. The van der Waals surface area contributed by atoms with Crippen molar-refractivity contribution in [3.05, 3.63) is 69.4 Å². The first-order chi connectivity index (χ1) is 13.3. The lowest BCUT2D eigenvalue weighted by Crippen LogP contribution is -2.15. The first-order valence-corrected chi connectivity index (χ1v) is 8.89. The summed E-state index contributed by atoms with van der Waals surface area (Å²) < 4.78 is 9.12. The van der Waals surface area contributed by atoms with E-state index in [1.54, 1.807) is 30.3 Å². The van der Waals surface area contributed by atoms with Crippen LogP contribution in [-0.2, 0) is 19.1 Å². The van der Waals surface area contributed by atoms with Gasteiger partial charge in [-0.1, -0.05) is 23.4 Å². The van der Waals surface area contributed by atoms with Gasteiger partial charge in [-0.05, 0) is 30.3 Å². The molecule has 0 amide bonds. The topological polar surface area (TPSA) is 108 Å². The third kappa shape index (κ3) is 6.00. The quantitative estimate of drug-likeness (QED) is 0.308. The minimum absolute atomic E-state index is 0.191. The number of anilines is 1. The Hall–Kier alpha value is -3.04. The molecule has 0 atom stereocenters. The van der Waals surface area contributed by atoms with E-state index in [-0.39, 0.29) is 17.1 Å². The van der Waals surface area contributed by atoms with Crippen molar-refractivity contribution >= 4 is 46.7 Å². The van der Waals surface area contributed by atoms with Gasteiger partial charge in [-0.2, -0.15) is 0 Å². The van der Waals surface area contributed by atoms with Gasteiger partial charge in [-0.3, -0.25) is 10.1 Å². The van der Waals surface area contributed by atoms with Crippen molar-refractivity contribution in [2.75, 3.05) is 19.5 Å². The lowest BCUT2D eigenvalue weighted by atomic mass is 10.2. The number of nitrogens with zero attached hydrogens (tertiary/aromatic N) is 1. The van der Waals surface area contributed by atoms with Crippen molar-refractivity contribution in [2.45, 2.75) is 9.79 Å². The average molecular weight is 423 g/mol. The second kappa shape index (κ2) is 9.77. The van der Waals surface area contributed by atoms with Crippen molar-refractivity contribution in [3.8, 4) is 0 Å². The van der Waals surface area contributed by atoms with E-state index in [9.17, 15) is 19.7 Å². The molecule has 0 unspecified atom stereocenters. The van der Waals surface area contributed by atoms with Crippen molar-refractivity contribution in [1.82, 2.24) is 0 Å². The fraction of sp³-hybridized carbons (Fsp3) is 0.111. The summed E-state index contributed by atoms with van der Waals surface area (Å²) in [6.07, 6.45) is 0.899. The summed E-state index contributed by atoms with van der Waals surface area (Å²) in [6.45, 7) is 0. The molecule has 0 aliphatic heterocycles. The molecule has 2 aromatic rings. The summed E-state index contributed by atoms with van der Waals surface area (Å²) in [6, 6.07) is 11.2. The molecule has 2 aromatic carbocycles. The number of hydrogen-bond acceptors (Lipinski definition) is 8. The van der Waals surface area contributed by atoms with Gasteiger partial charge in [0.1, 0.15) is 5.70 Å². The van der Waals surface area contributed by atoms with Crippen LogP contribution in [0.2, 0.25) is 5.02 Å². The summed E-state index contributed by atoms with van der Waals surface area (Å²) in [5.41, 5.74) is -0.188. The Morgan fingerprint density at radius 3 is 2.36 bits per heavy atom. The van der Waals surface area contributed by atoms with E-state index < -0.39 is 16.9 Å². The Morgan fingerprint density at radius 2 is 1.79 bits per heavy atom. The molecular formula is C18H15ClN2O6S. The van der Waals surface area contributed by atoms with Crippen LogP contribution in [0.1, 0.15) is 0 Å². The van der Waals surface area contributed by atoms with Crippen LogP contribution in [0.3, 0.4) is 0 Å². The average Bonchev–Trinajstić information content (AvgIpc) is 2.68. The van der Waals surface area contributed by atoms with Crippen LogP contribution in [-0.4, -0.2) is 31.1 Å². The highest BCUT2D eigenvalue weighted by atomic mass is 35.5. The van der Waals surface area contributed by atoms with E-state index in [0.29, 0.717) is 9.92 Å². The van der Waals surface area contributed by atoms with Crippen LogP contribution in [0, 0.1) is 10.1 Å². The standard InChI is InChI=1S/C18H15ClN2O6S/c1-26-17(22)10-16(18(23)27-2)20-12-7-13(21(24)25)9-15(8-12)28-14-5-3-11(19)4-6-14/h3-10,20H,1-2H3/b16-10+. The predicted molar refractivity (Wildman–Crippen MR) is 104 cm³/mol. The van der Waals surface area contributed by atoms with Crippen LogP contribution in [0.15, 0.2) is 64.0 Å². The van der Waals surface area contributed by atoms with Gasteiger partial charge >= 0.3 is 11.9 Å². The van der Waals surface area contributed by atoms with Crippen LogP contribution < -0.4 is 5.32 Å². The number of nitro groups is 1. The summed E-state index contributed by atoms with van der Waals surface area (Å²) >= 11 is 7.14. The smallest absolute Gasteiger partial charge is 0.354 e. The Labute approximate surface area is 169 Å². The Morgan fingerprint density at radius 1 is 1.11 bits per heavy atom. The minimum Gasteiger partial charge on any atom is -0.466 e. The zero-order valence-electron chi connectivity index (χ0n) is 14.8. The minimum atomic E-state index is -0.830. The number of rotatable bonds is 7. The van der Waals surface area contributed by atoms with Gasteiger partial charge in [0.05, 0.1) is 25.2 Å². The number of ether oxygens (including phenoxy) is 2. The molecule has 10 heteroatoms. The van der Waals surface area contributed by atoms with Crippen LogP contribution in [0.5, 0.6) is 0 Å². The van der Waals surface area contributed by atoms with E-state index in [2.05, 4.69) is 14.8 Å². The predicted octanol–water partition coefficient (Wildman–Crippen LogP) is 4.04. The number of nitro benzene ring substituents is 1. The maximum atomic E-state index is 11.9. The Bertz CT molecular complexity index is 930. The van der Waals surface area contributed by atoms with Crippen LogP contribution >= 0.6 is 23.4 Å². The van der Waals surface area contributed by atoms with Gasteiger partial charge < -0.3 is 14.8 Å². The maximum absolute atomic E-state index is 11.9. The molecule has 28 heavy (non-hydrogen) atoms. The van der Waals surface area contributed by atoms with E-state index in [1.807, 2.05) is 0 Å². The highest BCUT2D eigenvalue weighted by molar-refractivity contribution is 7.99. The molecule has 0 fully saturated rings. The molecule has 0 spiro atoms. The molecule has 0 saturated heterocycles. The molecule has 0 aromatic heterocycles. The van der Waals surface area contributed by atoms with Gasteiger partial charge in [0.2, 0.25) is 0 Å². The van der Waals surface area contributed by atoms with Crippen molar-refractivity contribution < 1.29 is 24.0 Å². The normalized spacial score (nSPS) is 10.9. The zero-order chi connectivity index (χ0) is 20.7. The number of esters is 2. The number of hydrogen-bond donors (Lipinski definition) is 1. The molecule has 146 valence electrons. The molecule has 8 nitrogen and oxygen atoms in total. The summed E-state index contributed by atoms with van der Waals surface area (Å²) in [7, 11) is 2.30. The number of halogens is 1. The van der Waals surface area contributed by atoms with Gasteiger partial charge in [-0.25, -0.2) is 9.59 Å². The zero-order valence-corrected chi connectivity index (χ0v) is 16.4. The largest absolute Gasteiger partial charge is 0.466 e. The molecule has 0 bridgehead atoms. The van der Waals surface area contributed by atoms with E-state index in [0.717, 1.165) is 25.2 Å². The number of methoxy groups -OCH3 is 2. The van der Waals surface area contributed by atoms with Gasteiger partial charge in [0.15, 0.2) is 0 Å². The first-order valence-electron chi connectivity index (χ1n) is 7.70. The molecule has 1 N–H and O–H groups in total. The SMILES string of the molecule is COC(=O)/C=C(/Nc1cc(Sc2ccc(Cl)cc2)cc([N+](=O)[O-])c1)C(=O)OC. The molecule has 0 saturated carbocycles. The second-order valence-corrected chi connectivity index (χ2v) is 6.81. The lowest BCUT2D eigenvalue weighted by Gasteiger charge is -2.11. The van der Waals surface area contributed by atoms with Gasteiger partial charge in [0.25, 0.3) is 5.69 Å². The van der Waals surface area contributed by atoms with Crippen molar-refractivity contribution in [3.63, 3.8) is 0 Å². The van der Waals surface area contributed by atoms with Gasteiger partial charge in [0, 0.05) is 32.6 Å². The molecule has 0 heterocycles. The third-order valence-electron chi connectivity index (χ3n) is 3.30. The molecule has 0 radical (unpaired) electrons. The lowest BCUT2D eigenvalue weighted by molar-refractivity contribution is -0.385. The summed E-state index contributed by atoms with van der Waals surface area (Å²) in [5, 5.41) is 14.5. The molecule has 0 aliphatic carbocycles. The maximum Gasteiger partial charge on any atom is 0.354 e. The third-order valence-corrected chi connectivity index (χ3v) is 4.53. The fourth-order valence-corrected chi connectivity index (χ4v) is 3.08. The summed E-state index contributed by atoms with van der Waals surface area (Å²) in [4.78, 5) is 35.4. The van der Waals surface area contributed by atoms with E-state index >= 15 is 0 Å². The Balaban J connectivity index is 2.39. The first kappa shape index (κ1) is 21.3. The van der Waals surface area contributed by atoms with Crippen LogP contribution in [0.4, 0.5) is 11.4 Å². The van der Waals surface area contributed by atoms with Crippen molar-refractivity contribution in [1.29, 1.82) is 0 Å². The molecule has 2 rings (SSSR count). The van der Waals surface area contributed by atoms with E-state index in [4.69, 9.17) is 11.6 Å². The highest BCUT2D eigenvalue weighted by Crippen LogP contribution is 2.34. The Kier molecular flexibility index (Phi) is 7.42. The number of carbonyl (C=O) groups is 2. The van der Waals surface area contributed by atoms with Crippen molar-refractivity contribution in [2.24, 2.45) is 0 Å². The second-order valence-electron chi connectivity index (χ2n) is 5.23. The highest BCUT2D eigenvalue weighted by Gasteiger charge is 2.16. The number of carbonyl (C=O) groups excluding carboxylic acids is 2.